The van der Waals surface area contributed by atoms with Gasteiger partial charge in [0.15, 0.2) is 9.84 Å². The Hall–Kier alpha value is -2.14. The number of hydrogen-bond acceptors (Lipinski definition) is 4. The third-order valence-corrected chi connectivity index (χ3v) is 4.52. The van der Waals surface area contributed by atoms with Crippen molar-refractivity contribution < 1.29 is 17.9 Å². The van der Waals surface area contributed by atoms with Crippen LogP contribution in [0, 0.1) is 0 Å². The zero-order valence-electron chi connectivity index (χ0n) is 10.8. The SMILES string of the molecule is C=CC(=O)OCCS(=O)(=O)c1ccc2ccccc2c1. The van der Waals surface area contributed by atoms with Gasteiger partial charge >= 0.3 is 5.97 Å². The summed E-state index contributed by atoms with van der Waals surface area (Å²) in [6.45, 7) is 3.06. The number of sulfone groups is 1. The first-order valence-electron chi connectivity index (χ1n) is 6.04. The number of rotatable bonds is 5. The van der Waals surface area contributed by atoms with E-state index in [4.69, 9.17) is 4.74 Å². The Kier molecular flexibility index (Phi) is 4.20. The quantitative estimate of drug-likeness (QED) is 0.626. The molecular weight excluding hydrogens is 276 g/mol. The molecule has 0 bridgehead atoms. The van der Waals surface area contributed by atoms with Crippen molar-refractivity contribution in [1.29, 1.82) is 0 Å². The average molecular weight is 290 g/mol. The number of carbonyl (C=O) groups is 1. The standard InChI is InChI=1S/C15H14O4S/c1-2-15(16)19-9-10-20(17,18)14-8-7-12-5-3-4-6-13(12)11-14/h2-8,11H,1,9-10H2. The minimum absolute atomic E-state index is 0.181. The van der Waals surface area contributed by atoms with E-state index in [9.17, 15) is 13.2 Å². The molecular formula is C15H14O4S. The Morgan fingerprint density at radius 2 is 1.85 bits per heavy atom. The third-order valence-electron chi connectivity index (χ3n) is 2.84. The summed E-state index contributed by atoms with van der Waals surface area (Å²) in [6.07, 6.45) is 1.00. The molecule has 2 aromatic carbocycles. The molecule has 0 saturated carbocycles. The summed E-state index contributed by atoms with van der Waals surface area (Å²) in [5, 5.41) is 1.83. The second-order valence-electron chi connectivity index (χ2n) is 4.20. The molecule has 0 amide bonds. The van der Waals surface area contributed by atoms with Crippen molar-refractivity contribution in [2.45, 2.75) is 4.90 Å². The van der Waals surface area contributed by atoms with Crippen LogP contribution < -0.4 is 0 Å². The van der Waals surface area contributed by atoms with E-state index in [0.717, 1.165) is 16.8 Å². The smallest absolute Gasteiger partial charge is 0.330 e. The van der Waals surface area contributed by atoms with E-state index in [0.29, 0.717) is 0 Å². The number of hydrogen-bond donors (Lipinski definition) is 0. The van der Waals surface area contributed by atoms with Gasteiger partial charge in [0.2, 0.25) is 0 Å². The highest BCUT2D eigenvalue weighted by Crippen LogP contribution is 2.19. The molecule has 0 atom stereocenters. The van der Waals surface area contributed by atoms with E-state index in [-0.39, 0.29) is 17.3 Å². The van der Waals surface area contributed by atoms with Crippen LogP contribution >= 0.6 is 0 Å². The van der Waals surface area contributed by atoms with Crippen LogP contribution in [0.1, 0.15) is 0 Å². The van der Waals surface area contributed by atoms with Crippen molar-refractivity contribution in [3.05, 3.63) is 55.1 Å². The third kappa shape index (κ3) is 3.24. The van der Waals surface area contributed by atoms with Crippen LogP contribution in [0.2, 0.25) is 0 Å². The topological polar surface area (TPSA) is 60.4 Å². The summed E-state index contributed by atoms with van der Waals surface area (Å²) in [4.78, 5) is 11.1. The molecule has 2 aromatic rings. The maximum absolute atomic E-state index is 12.1. The Balaban J connectivity index is 2.18. The fourth-order valence-electron chi connectivity index (χ4n) is 1.79. The summed E-state index contributed by atoms with van der Waals surface area (Å²) < 4.78 is 29.0. The predicted molar refractivity (Wildman–Crippen MR) is 77.2 cm³/mol. The van der Waals surface area contributed by atoms with E-state index in [1.165, 1.54) is 0 Å². The number of fused-ring (bicyclic) bond motifs is 1. The van der Waals surface area contributed by atoms with Crippen molar-refractivity contribution in [3.63, 3.8) is 0 Å². The zero-order chi connectivity index (χ0) is 14.6. The highest BCUT2D eigenvalue weighted by molar-refractivity contribution is 7.91. The van der Waals surface area contributed by atoms with E-state index < -0.39 is 15.8 Å². The first-order chi connectivity index (χ1) is 9.53. The minimum atomic E-state index is -3.47. The highest BCUT2D eigenvalue weighted by atomic mass is 32.2. The molecule has 0 radical (unpaired) electrons. The summed E-state index contributed by atoms with van der Waals surface area (Å²) in [5.74, 6) is -0.871. The first-order valence-corrected chi connectivity index (χ1v) is 7.69. The largest absolute Gasteiger partial charge is 0.461 e. The van der Waals surface area contributed by atoms with Gasteiger partial charge in [-0.05, 0) is 22.9 Å². The van der Waals surface area contributed by atoms with Gasteiger partial charge in [0.1, 0.15) is 6.61 Å². The van der Waals surface area contributed by atoms with Crippen LogP contribution in [-0.2, 0) is 19.4 Å². The number of esters is 1. The van der Waals surface area contributed by atoms with Gasteiger partial charge in [0.05, 0.1) is 10.6 Å². The molecule has 0 aliphatic carbocycles. The second-order valence-corrected chi connectivity index (χ2v) is 6.31. The van der Waals surface area contributed by atoms with Gasteiger partial charge in [-0.2, -0.15) is 0 Å². The van der Waals surface area contributed by atoms with E-state index in [1.807, 2.05) is 24.3 Å². The van der Waals surface area contributed by atoms with Crippen molar-refractivity contribution in [2.24, 2.45) is 0 Å². The van der Waals surface area contributed by atoms with Crippen molar-refractivity contribution in [3.8, 4) is 0 Å². The number of carbonyl (C=O) groups excluding carboxylic acids is 1. The molecule has 5 heteroatoms. The predicted octanol–water partition coefficient (Wildman–Crippen LogP) is 2.34. The van der Waals surface area contributed by atoms with Gasteiger partial charge < -0.3 is 4.74 Å². The molecule has 0 aliphatic heterocycles. The maximum atomic E-state index is 12.1. The molecule has 0 unspecified atom stereocenters. The summed E-state index contributed by atoms with van der Waals surface area (Å²) in [5.41, 5.74) is 0. The normalized spacial score (nSPS) is 11.2. The van der Waals surface area contributed by atoms with Crippen LogP contribution in [0.15, 0.2) is 60.0 Å². The number of benzene rings is 2. The highest BCUT2D eigenvalue weighted by Gasteiger charge is 2.15. The van der Waals surface area contributed by atoms with Gasteiger partial charge in [-0.1, -0.05) is 36.9 Å². The van der Waals surface area contributed by atoms with Gasteiger partial charge in [-0.3, -0.25) is 0 Å². The summed E-state index contributed by atoms with van der Waals surface area (Å²) in [6, 6.07) is 12.5. The lowest BCUT2D eigenvalue weighted by atomic mass is 10.1. The van der Waals surface area contributed by atoms with Crippen LogP contribution in [-0.4, -0.2) is 26.7 Å². The zero-order valence-corrected chi connectivity index (χ0v) is 11.6. The Morgan fingerprint density at radius 3 is 2.55 bits per heavy atom. The summed E-state index contributed by atoms with van der Waals surface area (Å²) >= 11 is 0. The van der Waals surface area contributed by atoms with Gasteiger partial charge in [0, 0.05) is 6.08 Å². The Morgan fingerprint density at radius 1 is 1.15 bits per heavy atom. The van der Waals surface area contributed by atoms with Crippen LogP contribution in [0.4, 0.5) is 0 Å². The van der Waals surface area contributed by atoms with Crippen molar-refractivity contribution in [2.75, 3.05) is 12.4 Å². The minimum Gasteiger partial charge on any atom is -0.461 e. The molecule has 0 heterocycles. The fraction of sp³-hybridized carbons (Fsp3) is 0.133. The van der Waals surface area contributed by atoms with Crippen molar-refractivity contribution in [1.82, 2.24) is 0 Å². The van der Waals surface area contributed by atoms with E-state index in [2.05, 4.69) is 6.58 Å². The monoisotopic (exact) mass is 290 g/mol. The Labute approximate surface area is 117 Å². The van der Waals surface area contributed by atoms with E-state index >= 15 is 0 Å². The fourth-order valence-corrected chi connectivity index (χ4v) is 2.91. The van der Waals surface area contributed by atoms with Gasteiger partial charge in [-0.15, -0.1) is 0 Å². The first kappa shape index (κ1) is 14.3. The molecule has 0 aliphatic rings. The molecule has 104 valence electrons. The number of ether oxygens (including phenoxy) is 1. The lowest BCUT2D eigenvalue weighted by molar-refractivity contribution is -0.137. The molecule has 0 fully saturated rings. The van der Waals surface area contributed by atoms with Crippen LogP contribution in [0.5, 0.6) is 0 Å². The lowest BCUT2D eigenvalue weighted by Gasteiger charge is -2.06. The molecule has 0 aromatic heterocycles. The molecule has 0 saturated heterocycles. The Bertz CT molecular complexity index is 747. The summed E-state index contributed by atoms with van der Waals surface area (Å²) in [7, 11) is -3.47. The van der Waals surface area contributed by atoms with Gasteiger partial charge in [0.25, 0.3) is 0 Å². The molecule has 0 N–H and O–H groups in total. The second kappa shape index (κ2) is 5.88. The van der Waals surface area contributed by atoms with E-state index in [1.54, 1.807) is 18.2 Å². The van der Waals surface area contributed by atoms with Crippen LogP contribution in [0.3, 0.4) is 0 Å². The van der Waals surface area contributed by atoms with Gasteiger partial charge in [-0.25, -0.2) is 13.2 Å². The average Bonchev–Trinajstić information content (AvgIpc) is 2.46. The molecule has 4 nitrogen and oxygen atoms in total. The molecule has 0 spiro atoms. The molecule has 2 rings (SSSR count). The van der Waals surface area contributed by atoms with Crippen LogP contribution in [0.25, 0.3) is 10.8 Å². The van der Waals surface area contributed by atoms with Crippen molar-refractivity contribution >= 4 is 26.6 Å². The molecule has 20 heavy (non-hydrogen) atoms. The lowest BCUT2D eigenvalue weighted by Crippen LogP contribution is -2.14. The maximum Gasteiger partial charge on any atom is 0.330 e.